The molecule has 0 spiro atoms. The van der Waals surface area contributed by atoms with Gasteiger partial charge in [0.2, 0.25) is 0 Å². The largest absolute Gasteiger partial charge is 0.472 e. The molecule has 0 fully saturated rings. The molecule has 444 valence electrons. The summed E-state index contributed by atoms with van der Waals surface area (Å²) in [7, 11) is -4.78. The molecular formula is C66H109O11P. The van der Waals surface area contributed by atoms with Crippen molar-refractivity contribution in [3.63, 3.8) is 0 Å². The van der Waals surface area contributed by atoms with Gasteiger partial charge in [0.15, 0.2) is 6.10 Å². The monoisotopic (exact) mass is 1110 g/mol. The zero-order valence-corrected chi connectivity index (χ0v) is 50.0. The lowest BCUT2D eigenvalue weighted by atomic mass is 10.1. The number of allylic oxidation sites excluding steroid dienone is 20. The Balaban J connectivity index is 4.82. The van der Waals surface area contributed by atoms with Crippen molar-refractivity contribution in [2.24, 2.45) is 0 Å². The van der Waals surface area contributed by atoms with Crippen LogP contribution in [0, 0.1) is 0 Å². The standard InChI is InChI=1S/C66H109O11P/c1-4-7-10-13-16-19-22-25-28-30-31-33-36-39-42-45-48-51-54-57-66(70)77-63(59-73-64(68)55-52-49-46-43-40-37-34-27-24-21-18-15-12-9-6-3)61-75-78(71,72)74-60-62(58-67)76-65(69)56-53-50-47-44-41-38-35-32-29-26-23-20-17-14-11-8-5-2/h7-8,10-11,16-17,19-20,25-29,31,33-35,38,44,47,62-63,67H,4-6,9,12-15,18,21-24,30,32,36-37,39-43,45-46,48-61H2,1-3H3,(H,71,72)/b10-7-,11-8-,19-16-,20-17-,28-25-,29-26-,33-31-,34-27-,38-35-,47-44-. The molecule has 0 aromatic heterocycles. The number of carbonyl (C=O) groups excluding carboxylic acids is 3. The van der Waals surface area contributed by atoms with E-state index in [0.717, 1.165) is 135 Å². The number of carbonyl (C=O) groups is 3. The summed E-state index contributed by atoms with van der Waals surface area (Å²) in [5, 5.41) is 9.83. The van der Waals surface area contributed by atoms with Gasteiger partial charge in [-0.3, -0.25) is 23.4 Å². The molecule has 78 heavy (non-hydrogen) atoms. The highest BCUT2D eigenvalue weighted by molar-refractivity contribution is 7.47. The molecule has 2 N–H and O–H groups in total. The molecule has 0 rings (SSSR count). The quantitative estimate of drug-likeness (QED) is 0.0197. The second kappa shape index (κ2) is 59.0. The van der Waals surface area contributed by atoms with Crippen molar-refractivity contribution in [2.45, 2.75) is 251 Å². The van der Waals surface area contributed by atoms with Gasteiger partial charge in [-0.05, 0) is 122 Å². The van der Waals surface area contributed by atoms with Crippen molar-refractivity contribution in [1.29, 1.82) is 0 Å². The summed E-state index contributed by atoms with van der Waals surface area (Å²) in [5.41, 5.74) is 0. The molecule has 0 amide bonds. The highest BCUT2D eigenvalue weighted by atomic mass is 31.2. The first kappa shape index (κ1) is 73.9. The third-order valence-electron chi connectivity index (χ3n) is 12.3. The van der Waals surface area contributed by atoms with Crippen molar-refractivity contribution in [2.75, 3.05) is 26.4 Å². The van der Waals surface area contributed by atoms with Gasteiger partial charge in [0.05, 0.1) is 19.8 Å². The lowest BCUT2D eigenvalue weighted by Gasteiger charge is -2.21. The van der Waals surface area contributed by atoms with E-state index < -0.39 is 57.8 Å². The summed E-state index contributed by atoms with van der Waals surface area (Å²) >= 11 is 0. The molecule has 0 heterocycles. The molecule has 0 saturated carbocycles. The molecule has 0 aliphatic heterocycles. The zero-order valence-electron chi connectivity index (χ0n) is 49.1. The average molecular weight is 1110 g/mol. The summed E-state index contributed by atoms with van der Waals surface area (Å²) in [6.07, 6.45) is 73.0. The fraction of sp³-hybridized carbons (Fsp3) is 0.652. The summed E-state index contributed by atoms with van der Waals surface area (Å²) < 4.78 is 39.5. The van der Waals surface area contributed by atoms with E-state index in [9.17, 15) is 28.9 Å². The van der Waals surface area contributed by atoms with E-state index in [2.05, 4.69) is 130 Å². The molecule has 0 saturated heterocycles. The van der Waals surface area contributed by atoms with Crippen molar-refractivity contribution in [3.05, 3.63) is 122 Å². The van der Waals surface area contributed by atoms with Crippen molar-refractivity contribution < 1.29 is 52.2 Å². The molecule has 12 heteroatoms. The van der Waals surface area contributed by atoms with Gasteiger partial charge < -0.3 is 24.2 Å². The van der Waals surface area contributed by atoms with Gasteiger partial charge in [0.1, 0.15) is 12.7 Å². The van der Waals surface area contributed by atoms with Gasteiger partial charge >= 0.3 is 25.7 Å². The number of hydrogen-bond donors (Lipinski definition) is 2. The van der Waals surface area contributed by atoms with Gasteiger partial charge in [-0.1, -0.05) is 219 Å². The SMILES string of the molecule is CC/C=C\C/C=C\C/C=C\C/C=C\C/C=C\CCCC(=O)OC(CO)COP(=O)(O)OCC(COC(=O)CCCCCCC/C=C\CCCCCCCC)OC(=O)CCCCCCCC/C=C\C/C=C\C/C=C\C/C=C\CC. The summed E-state index contributed by atoms with van der Waals surface area (Å²) in [4.78, 5) is 48.6. The Bertz CT molecular complexity index is 1770. The van der Waals surface area contributed by atoms with E-state index in [-0.39, 0.29) is 25.9 Å². The van der Waals surface area contributed by atoms with Crippen LogP contribution in [0.4, 0.5) is 0 Å². The number of esters is 3. The predicted molar refractivity (Wildman–Crippen MR) is 325 cm³/mol. The number of hydrogen-bond acceptors (Lipinski definition) is 10. The van der Waals surface area contributed by atoms with Crippen molar-refractivity contribution in [3.8, 4) is 0 Å². The molecule has 0 aromatic rings. The van der Waals surface area contributed by atoms with Gasteiger partial charge in [0, 0.05) is 19.3 Å². The molecule has 0 aliphatic carbocycles. The predicted octanol–water partition coefficient (Wildman–Crippen LogP) is 18.4. The van der Waals surface area contributed by atoms with E-state index >= 15 is 0 Å². The van der Waals surface area contributed by atoms with E-state index in [1.54, 1.807) is 0 Å². The molecule has 3 atom stereocenters. The van der Waals surface area contributed by atoms with Crippen molar-refractivity contribution in [1.82, 2.24) is 0 Å². The minimum absolute atomic E-state index is 0.0916. The number of aliphatic hydroxyl groups excluding tert-OH is 1. The van der Waals surface area contributed by atoms with E-state index in [4.69, 9.17) is 23.3 Å². The van der Waals surface area contributed by atoms with Crippen LogP contribution in [0.15, 0.2) is 122 Å². The number of unbranched alkanes of at least 4 members (excludes halogenated alkanes) is 18. The molecule has 0 aromatic carbocycles. The first-order valence-corrected chi connectivity index (χ1v) is 31.9. The van der Waals surface area contributed by atoms with Crippen LogP contribution in [0.5, 0.6) is 0 Å². The highest BCUT2D eigenvalue weighted by Gasteiger charge is 2.28. The molecule has 11 nitrogen and oxygen atoms in total. The van der Waals surface area contributed by atoms with Crippen LogP contribution in [-0.2, 0) is 42.2 Å². The third kappa shape index (κ3) is 56.6. The first-order chi connectivity index (χ1) is 38.2. The van der Waals surface area contributed by atoms with Gasteiger partial charge in [-0.15, -0.1) is 0 Å². The summed E-state index contributed by atoms with van der Waals surface area (Å²) in [6.45, 7) is 4.32. The number of ether oxygens (including phenoxy) is 3. The van der Waals surface area contributed by atoms with Crippen LogP contribution >= 0.6 is 7.82 Å². The van der Waals surface area contributed by atoms with Crippen LogP contribution in [0.2, 0.25) is 0 Å². The summed E-state index contributed by atoms with van der Waals surface area (Å²) in [5.74, 6) is -1.56. The number of phosphoric ester groups is 1. The first-order valence-electron chi connectivity index (χ1n) is 30.4. The Morgan fingerprint density at radius 3 is 1.09 bits per heavy atom. The molecular weight excluding hydrogens is 1000 g/mol. The Morgan fingerprint density at radius 2 is 0.679 bits per heavy atom. The Kier molecular flexibility index (Phi) is 55.9. The van der Waals surface area contributed by atoms with E-state index in [1.807, 2.05) is 12.2 Å². The van der Waals surface area contributed by atoms with Crippen LogP contribution in [0.25, 0.3) is 0 Å². The second-order valence-electron chi connectivity index (χ2n) is 19.7. The van der Waals surface area contributed by atoms with Crippen molar-refractivity contribution >= 4 is 25.7 Å². The Morgan fingerprint density at radius 1 is 0.372 bits per heavy atom. The lowest BCUT2D eigenvalue weighted by Crippen LogP contribution is -2.30. The summed E-state index contributed by atoms with van der Waals surface area (Å²) in [6, 6.07) is 0. The van der Waals surface area contributed by atoms with Gasteiger partial charge in [-0.25, -0.2) is 4.57 Å². The average Bonchev–Trinajstić information content (AvgIpc) is 3.43. The normalized spacial score (nSPS) is 14.2. The fourth-order valence-electron chi connectivity index (χ4n) is 7.79. The van der Waals surface area contributed by atoms with Gasteiger partial charge in [0.25, 0.3) is 0 Å². The maximum absolute atomic E-state index is 12.9. The Hall–Kier alpha value is -4.12. The minimum Gasteiger partial charge on any atom is -0.462 e. The Labute approximate surface area is 475 Å². The molecule has 0 bridgehead atoms. The molecule has 0 radical (unpaired) electrons. The van der Waals surface area contributed by atoms with Gasteiger partial charge in [-0.2, -0.15) is 0 Å². The number of rotatable bonds is 55. The van der Waals surface area contributed by atoms with Crippen LogP contribution in [0.1, 0.15) is 239 Å². The van der Waals surface area contributed by atoms with Crippen LogP contribution in [0.3, 0.4) is 0 Å². The molecule has 3 unspecified atom stereocenters. The fourth-order valence-corrected chi connectivity index (χ4v) is 8.57. The minimum atomic E-state index is -4.78. The maximum atomic E-state index is 12.9. The smallest absolute Gasteiger partial charge is 0.462 e. The second-order valence-corrected chi connectivity index (χ2v) is 21.2. The van der Waals surface area contributed by atoms with E-state index in [0.29, 0.717) is 25.7 Å². The number of aliphatic hydroxyl groups is 1. The molecule has 0 aliphatic rings. The third-order valence-corrected chi connectivity index (χ3v) is 13.3. The zero-order chi connectivity index (χ0) is 56.9. The maximum Gasteiger partial charge on any atom is 0.472 e. The topological polar surface area (TPSA) is 155 Å². The highest BCUT2D eigenvalue weighted by Crippen LogP contribution is 2.43. The van der Waals surface area contributed by atoms with Crippen LogP contribution < -0.4 is 0 Å². The number of phosphoric acid groups is 1. The van der Waals surface area contributed by atoms with Crippen LogP contribution in [-0.4, -0.2) is 66.5 Å². The van der Waals surface area contributed by atoms with E-state index in [1.165, 1.54) is 38.5 Å². The lowest BCUT2D eigenvalue weighted by molar-refractivity contribution is -0.161.